The summed E-state index contributed by atoms with van der Waals surface area (Å²) in [6, 6.07) is 5.50. The summed E-state index contributed by atoms with van der Waals surface area (Å²) in [5.74, 6) is 0.609. The molecule has 0 radical (unpaired) electrons. The highest BCUT2D eigenvalue weighted by Gasteiger charge is 2.06. The fourth-order valence-electron chi connectivity index (χ4n) is 1.35. The van der Waals surface area contributed by atoms with E-state index in [-0.39, 0.29) is 0 Å². The van der Waals surface area contributed by atoms with Crippen LogP contribution in [0, 0.1) is 0 Å². The van der Waals surface area contributed by atoms with Gasteiger partial charge in [-0.1, -0.05) is 35.3 Å². The Morgan fingerprint density at radius 2 is 2.12 bits per heavy atom. The van der Waals surface area contributed by atoms with Crippen molar-refractivity contribution in [3.05, 3.63) is 46.0 Å². The lowest BCUT2D eigenvalue weighted by atomic mass is 10.2. The maximum Gasteiger partial charge on any atom is 0.164 e. The van der Waals surface area contributed by atoms with Gasteiger partial charge in [-0.15, -0.1) is 0 Å². The van der Waals surface area contributed by atoms with E-state index >= 15 is 0 Å². The second-order valence-electron chi connectivity index (χ2n) is 3.28. The van der Waals surface area contributed by atoms with Crippen LogP contribution in [0.1, 0.15) is 11.4 Å². The molecular formula is C10H10Cl2N4. The van der Waals surface area contributed by atoms with E-state index < -0.39 is 0 Å². The topological polar surface area (TPSA) is 56.7 Å². The average Bonchev–Trinajstić information content (AvgIpc) is 2.73. The van der Waals surface area contributed by atoms with Crippen molar-refractivity contribution in [1.29, 1.82) is 0 Å². The van der Waals surface area contributed by atoms with Gasteiger partial charge in [-0.3, -0.25) is 0 Å². The molecule has 0 aliphatic heterocycles. The number of halogens is 2. The fraction of sp³-hybridized carbons (Fsp3) is 0.200. The molecule has 84 valence electrons. The summed E-state index contributed by atoms with van der Waals surface area (Å²) in [4.78, 5) is 4.03. The van der Waals surface area contributed by atoms with Crippen molar-refractivity contribution in [1.82, 2.24) is 14.8 Å². The molecule has 0 saturated heterocycles. The van der Waals surface area contributed by atoms with E-state index in [0.29, 0.717) is 29.0 Å². The Labute approximate surface area is 103 Å². The Bertz CT molecular complexity index is 495. The van der Waals surface area contributed by atoms with Crippen LogP contribution in [0.2, 0.25) is 10.0 Å². The van der Waals surface area contributed by atoms with Crippen molar-refractivity contribution < 1.29 is 0 Å². The number of rotatable bonds is 3. The zero-order valence-electron chi connectivity index (χ0n) is 8.40. The standard InChI is InChI=1S/C10H10Cl2N4/c11-8-3-1-2-7(10(8)12)5-16-6-14-9(4-13)15-16/h1-3,6H,4-5,13H2. The van der Waals surface area contributed by atoms with Crippen LogP contribution in [0.5, 0.6) is 0 Å². The minimum absolute atomic E-state index is 0.330. The second kappa shape index (κ2) is 4.82. The number of aromatic nitrogens is 3. The Balaban J connectivity index is 2.23. The molecule has 0 unspecified atom stereocenters. The average molecular weight is 257 g/mol. The largest absolute Gasteiger partial charge is 0.324 e. The van der Waals surface area contributed by atoms with Crippen LogP contribution in [0.15, 0.2) is 24.5 Å². The van der Waals surface area contributed by atoms with Crippen molar-refractivity contribution >= 4 is 23.2 Å². The predicted molar refractivity (Wildman–Crippen MR) is 63.5 cm³/mol. The van der Waals surface area contributed by atoms with Crippen LogP contribution in [0.3, 0.4) is 0 Å². The first kappa shape index (κ1) is 11.4. The van der Waals surface area contributed by atoms with E-state index in [1.165, 1.54) is 0 Å². The van der Waals surface area contributed by atoms with Gasteiger partial charge in [-0.25, -0.2) is 9.67 Å². The minimum atomic E-state index is 0.330. The normalized spacial score (nSPS) is 10.7. The monoisotopic (exact) mass is 256 g/mol. The third-order valence-corrected chi connectivity index (χ3v) is 2.99. The van der Waals surface area contributed by atoms with E-state index in [9.17, 15) is 0 Å². The molecule has 0 saturated carbocycles. The van der Waals surface area contributed by atoms with Crippen molar-refractivity contribution in [3.63, 3.8) is 0 Å². The molecule has 2 rings (SSSR count). The summed E-state index contributed by atoms with van der Waals surface area (Å²) in [6.07, 6.45) is 1.62. The lowest BCUT2D eigenvalue weighted by Gasteiger charge is -2.04. The zero-order chi connectivity index (χ0) is 11.5. The lowest BCUT2D eigenvalue weighted by Crippen LogP contribution is -2.04. The molecule has 0 amide bonds. The molecule has 0 atom stereocenters. The zero-order valence-corrected chi connectivity index (χ0v) is 9.91. The molecule has 1 aromatic carbocycles. The van der Waals surface area contributed by atoms with Crippen LogP contribution in [-0.4, -0.2) is 14.8 Å². The number of nitrogens with zero attached hydrogens (tertiary/aromatic N) is 3. The van der Waals surface area contributed by atoms with E-state index in [0.717, 1.165) is 5.56 Å². The first-order valence-electron chi connectivity index (χ1n) is 4.72. The molecule has 4 nitrogen and oxygen atoms in total. The van der Waals surface area contributed by atoms with Crippen LogP contribution in [-0.2, 0) is 13.1 Å². The molecule has 6 heteroatoms. The maximum atomic E-state index is 6.07. The van der Waals surface area contributed by atoms with Crippen LogP contribution < -0.4 is 5.73 Å². The minimum Gasteiger partial charge on any atom is -0.324 e. The number of hydrogen-bond donors (Lipinski definition) is 1. The Morgan fingerprint density at radius 1 is 1.31 bits per heavy atom. The van der Waals surface area contributed by atoms with E-state index in [2.05, 4.69) is 10.1 Å². The Kier molecular flexibility index (Phi) is 3.43. The maximum absolute atomic E-state index is 6.07. The summed E-state index contributed by atoms with van der Waals surface area (Å²) < 4.78 is 1.68. The van der Waals surface area contributed by atoms with Gasteiger partial charge in [0.05, 0.1) is 23.1 Å². The summed E-state index contributed by atoms with van der Waals surface area (Å²) >= 11 is 12.0. The second-order valence-corrected chi connectivity index (χ2v) is 4.06. The summed E-state index contributed by atoms with van der Waals surface area (Å²) in [6.45, 7) is 0.864. The van der Waals surface area contributed by atoms with E-state index in [1.807, 2.05) is 12.1 Å². The molecular weight excluding hydrogens is 247 g/mol. The van der Waals surface area contributed by atoms with Gasteiger partial charge in [-0.2, -0.15) is 5.10 Å². The highest BCUT2D eigenvalue weighted by atomic mass is 35.5. The van der Waals surface area contributed by atoms with Gasteiger partial charge in [0.2, 0.25) is 0 Å². The number of benzene rings is 1. The summed E-state index contributed by atoms with van der Waals surface area (Å²) in [7, 11) is 0. The van der Waals surface area contributed by atoms with Crippen LogP contribution in [0.25, 0.3) is 0 Å². The van der Waals surface area contributed by atoms with Crippen molar-refractivity contribution in [2.24, 2.45) is 5.73 Å². The van der Waals surface area contributed by atoms with Crippen LogP contribution in [0.4, 0.5) is 0 Å². The van der Waals surface area contributed by atoms with E-state index in [1.54, 1.807) is 17.1 Å². The molecule has 1 aromatic heterocycles. The smallest absolute Gasteiger partial charge is 0.164 e. The van der Waals surface area contributed by atoms with Crippen molar-refractivity contribution in [2.45, 2.75) is 13.1 Å². The molecule has 0 aliphatic rings. The van der Waals surface area contributed by atoms with Gasteiger partial charge < -0.3 is 5.73 Å². The van der Waals surface area contributed by atoms with Gasteiger partial charge in [0.1, 0.15) is 6.33 Å². The highest BCUT2D eigenvalue weighted by molar-refractivity contribution is 6.42. The molecule has 2 N–H and O–H groups in total. The quantitative estimate of drug-likeness (QED) is 0.915. The third-order valence-electron chi connectivity index (χ3n) is 2.13. The third kappa shape index (κ3) is 2.35. The Morgan fingerprint density at radius 3 is 2.81 bits per heavy atom. The molecule has 1 heterocycles. The summed E-state index contributed by atoms with van der Waals surface area (Å²) in [5, 5.41) is 5.26. The van der Waals surface area contributed by atoms with Gasteiger partial charge >= 0.3 is 0 Å². The molecule has 2 aromatic rings. The Hall–Kier alpha value is -1.10. The highest BCUT2D eigenvalue weighted by Crippen LogP contribution is 2.25. The summed E-state index contributed by atoms with van der Waals surface area (Å²) in [5.41, 5.74) is 6.33. The predicted octanol–water partition coefficient (Wildman–Crippen LogP) is 2.09. The number of nitrogens with two attached hydrogens (primary N) is 1. The van der Waals surface area contributed by atoms with E-state index in [4.69, 9.17) is 28.9 Å². The van der Waals surface area contributed by atoms with Gasteiger partial charge in [-0.05, 0) is 11.6 Å². The van der Waals surface area contributed by atoms with Crippen molar-refractivity contribution in [2.75, 3.05) is 0 Å². The molecule has 0 aliphatic carbocycles. The van der Waals surface area contributed by atoms with Crippen LogP contribution >= 0.6 is 23.2 Å². The molecule has 0 spiro atoms. The first-order chi connectivity index (χ1) is 7.70. The first-order valence-corrected chi connectivity index (χ1v) is 5.47. The number of hydrogen-bond acceptors (Lipinski definition) is 3. The SMILES string of the molecule is NCc1ncn(Cc2cccc(Cl)c2Cl)n1. The van der Waals surface area contributed by atoms with Gasteiger partial charge in [0, 0.05) is 0 Å². The van der Waals surface area contributed by atoms with Crippen molar-refractivity contribution in [3.8, 4) is 0 Å². The lowest BCUT2D eigenvalue weighted by molar-refractivity contribution is 0.672. The van der Waals surface area contributed by atoms with Gasteiger partial charge in [0.15, 0.2) is 5.82 Å². The fourth-order valence-corrected chi connectivity index (χ4v) is 1.73. The molecule has 0 fully saturated rings. The van der Waals surface area contributed by atoms with Gasteiger partial charge in [0.25, 0.3) is 0 Å². The molecule has 0 bridgehead atoms. The molecule has 16 heavy (non-hydrogen) atoms.